The fraction of sp³-hybridized carbons (Fsp3) is 0.160. The van der Waals surface area contributed by atoms with E-state index >= 15 is 0 Å². The normalized spacial score (nSPS) is 11.4. The van der Waals surface area contributed by atoms with Crippen LogP contribution in [-0.2, 0) is 5.41 Å². The van der Waals surface area contributed by atoms with Crippen LogP contribution in [0.1, 0.15) is 52.6 Å². The average Bonchev–Trinajstić information content (AvgIpc) is 2.76. The van der Waals surface area contributed by atoms with E-state index in [9.17, 15) is 9.59 Å². The molecule has 3 aromatic carbocycles. The number of benzene rings is 3. The van der Waals surface area contributed by atoms with E-state index in [-0.39, 0.29) is 11.3 Å². The van der Waals surface area contributed by atoms with Crippen molar-refractivity contribution < 1.29 is 9.59 Å². The highest BCUT2D eigenvalue weighted by atomic mass is 35.5. The highest BCUT2D eigenvalue weighted by Gasteiger charge is 2.14. The molecule has 0 unspecified atom stereocenters. The predicted octanol–water partition coefficient (Wildman–Crippen LogP) is 6.31. The number of rotatable bonds is 5. The Bertz CT molecular complexity index is 1150. The molecule has 0 spiro atoms. The van der Waals surface area contributed by atoms with Crippen molar-refractivity contribution in [1.29, 1.82) is 0 Å². The Morgan fingerprint density at radius 1 is 0.844 bits per heavy atom. The van der Waals surface area contributed by atoms with Gasteiger partial charge in [-0.15, -0.1) is 0 Å². The van der Waals surface area contributed by atoms with Gasteiger partial charge in [0.1, 0.15) is 0 Å². The van der Waals surface area contributed by atoms with Gasteiger partial charge in [-0.2, -0.15) is 5.10 Å². The topological polar surface area (TPSA) is 70.6 Å². The largest absolute Gasteiger partial charge is 0.322 e. The van der Waals surface area contributed by atoms with Crippen LogP contribution in [0.5, 0.6) is 0 Å². The van der Waals surface area contributed by atoms with Gasteiger partial charge in [0.2, 0.25) is 0 Å². The van der Waals surface area contributed by atoms with Crippen LogP contribution in [-0.4, -0.2) is 18.0 Å². The Balaban J connectivity index is 1.59. The van der Waals surface area contributed by atoms with Gasteiger partial charge >= 0.3 is 0 Å². The summed E-state index contributed by atoms with van der Waals surface area (Å²) in [7, 11) is 0. The average molecular weight is 468 g/mol. The third-order valence-electron chi connectivity index (χ3n) is 4.77. The number of anilines is 1. The van der Waals surface area contributed by atoms with Gasteiger partial charge < -0.3 is 5.32 Å². The van der Waals surface area contributed by atoms with Crippen LogP contribution >= 0.6 is 23.2 Å². The molecule has 0 bridgehead atoms. The van der Waals surface area contributed by atoms with E-state index in [2.05, 4.69) is 36.6 Å². The fourth-order valence-electron chi connectivity index (χ4n) is 2.87. The Hall–Kier alpha value is -3.15. The Labute approximate surface area is 197 Å². The van der Waals surface area contributed by atoms with Crippen LogP contribution in [0.4, 0.5) is 5.69 Å². The Kier molecular flexibility index (Phi) is 7.33. The lowest BCUT2D eigenvalue weighted by Crippen LogP contribution is -2.18. The zero-order valence-corrected chi connectivity index (χ0v) is 19.5. The van der Waals surface area contributed by atoms with E-state index in [1.807, 2.05) is 24.3 Å². The number of amides is 2. The maximum Gasteiger partial charge on any atom is 0.271 e. The summed E-state index contributed by atoms with van der Waals surface area (Å²) in [5.41, 5.74) is 5.75. The zero-order valence-electron chi connectivity index (χ0n) is 17.9. The maximum absolute atomic E-state index is 12.5. The molecule has 2 N–H and O–H groups in total. The number of hydrogen-bond acceptors (Lipinski definition) is 3. The van der Waals surface area contributed by atoms with E-state index in [1.54, 1.807) is 42.5 Å². The standard InChI is InChI=1S/C25H23Cl2N3O2/c1-25(2,3)19-11-7-16(8-12-19)23(31)29-20-13-9-17(10-14-20)24(32)30-28-15-18-5-4-6-21(26)22(18)27/h4-15H,1-3H3,(H,29,31)(H,30,32)/b28-15+. The molecule has 0 fully saturated rings. The summed E-state index contributed by atoms with van der Waals surface area (Å²) < 4.78 is 0. The van der Waals surface area contributed by atoms with Gasteiger partial charge in [-0.05, 0) is 53.4 Å². The molecule has 32 heavy (non-hydrogen) atoms. The van der Waals surface area contributed by atoms with E-state index in [1.165, 1.54) is 6.21 Å². The van der Waals surface area contributed by atoms with E-state index in [4.69, 9.17) is 23.2 Å². The van der Waals surface area contributed by atoms with Gasteiger partial charge in [0.15, 0.2) is 0 Å². The summed E-state index contributed by atoms with van der Waals surface area (Å²) in [6, 6.07) is 19.2. The van der Waals surface area contributed by atoms with Crippen LogP contribution in [0.25, 0.3) is 0 Å². The molecule has 0 saturated heterocycles. The number of carbonyl (C=O) groups is 2. The summed E-state index contributed by atoms with van der Waals surface area (Å²) in [5.74, 6) is -0.610. The summed E-state index contributed by atoms with van der Waals surface area (Å²) in [4.78, 5) is 24.8. The summed E-state index contributed by atoms with van der Waals surface area (Å²) in [6.07, 6.45) is 1.42. The minimum absolute atomic E-state index is 0.0237. The van der Waals surface area contributed by atoms with Gasteiger partial charge in [0, 0.05) is 22.4 Å². The minimum atomic E-state index is -0.393. The Morgan fingerprint density at radius 3 is 2.06 bits per heavy atom. The molecule has 0 saturated carbocycles. The lowest BCUT2D eigenvalue weighted by atomic mass is 9.87. The first-order valence-corrected chi connectivity index (χ1v) is 10.7. The van der Waals surface area contributed by atoms with Crippen molar-refractivity contribution in [2.24, 2.45) is 5.10 Å². The fourth-order valence-corrected chi connectivity index (χ4v) is 3.23. The summed E-state index contributed by atoms with van der Waals surface area (Å²) in [6.45, 7) is 6.37. The van der Waals surface area contributed by atoms with E-state index in [0.29, 0.717) is 32.4 Å². The second-order valence-electron chi connectivity index (χ2n) is 8.20. The lowest BCUT2D eigenvalue weighted by Gasteiger charge is -2.19. The molecule has 0 atom stereocenters. The van der Waals surface area contributed by atoms with Crippen molar-refractivity contribution in [3.8, 4) is 0 Å². The van der Waals surface area contributed by atoms with Crippen molar-refractivity contribution in [2.75, 3.05) is 5.32 Å². The molecule has 3 rings (SSSR count). The number of hydrogen-bond donors (Lipinski definition) is 2. The zero-order chi connectivity index (χ0) is 23.3. The maximum atomic E-state index is 12.5. The smallest absolute Gasteiger partial charge is 0.271 e. The van der Waals surface area contributed by atoms with Gasteiger partial charge in [-0.3, -0.25) is 9.59 Å². The number of nitrogens with zero attached hydrogens (tertiary/aromatic N) is 1. The molecular formula is C25H23Cl2N3O2. The van der Waals surface area contributed by atoms with Crippen LogP contribution < -0.4 is 10.7 Å². The molecule has 5 nitrogen and oxygen atoms in total. The number of hydrazone groups is 1. The molecule has 0 aliphatic carbocycles. The van der Waals surface area contributed by atoms with Gasteiger partial charge in [-0.1, -0.05) is 68.2 Å². The third-order valence-corrected chi connectivity index (χ3v) is 5.60. The second kappa shape index (κ2) is 9.98. The highest BCUT2D eigenvalue weighted by molar-refractivity contribution is 6.43. The van der Waals surface area contributed by atoms with Crippen molar-refractivity contribution in [1.82, 2.24) is 5.43 Å². The second-order valence-corrected chi connectivity index (χ2v) is 8.99. The van der Waals surface area contributed by atoms with Crippen LogP contribution in [0.2, 0.25) is 10.0 Å². The van der Waals surface area contributed by atoms with Crippen molar-refractivity contribution >= 4 is 46.9 Å². The van der Waals surface area contributed by atoms with Crippen molar-refractivity contribution in [3.05, 3.63) is 99.0 Å². The van der Waals surface area contributed by atoms with Gasteiger partial charge in [0.05, 0.1) is 16.3 Å². The SMILES string of the molecule is CC(C)(C)c1ccc(C(=O)Nc2ccc(C(=O)N/N=C/c3cccc(Cl)c3Cl)cc2)cc1. The predicted molar refractivity (Wildman–Crippen MR) is 131 cm³/mol. The summed E-state index contributed by atoms with van der Waals surface area (Å²) >= 11 is 12.0. The Morgan fingerprint density at radius 2 is 1.44 bits per heavy atom. The number of carbonyl (C=O) groups excluding carboxylic acids is 2. The lowest BCUT2D eigenvalue weighted by molar-refractivity contribution is 0.0954. The molecule has 0 heterocycles. The monoisotopic (exact) mass is 467 g/mol. The van der Waals surface area contributed by atoms with Crippen LogP contribution in [0.3, 0.4) is 0 Å². The highest BCUT2D eigenvalue weighted by Crippen LogP contribution is 2.24. The molecule has 3 aromatic rings. The van der Waals surface area contributed by atoms with Crippen molar-refractivity contribution in [2.45, 2.75) is 26.2 Å². The van der Waals surface area contributed by atoms with Crippen LogP contribution in [0, 0.1) is 0 Å². The van der Waals surface area contributed by atoms with Crippen LogP contribution in [0.15, 0.2) is 71.8 Å². The molecule has 0 aliphatic heterocycles. The molecule has 7 heteroatoms. The first kappa shape index (κ1) is 23.5. The van der Waals surface area contributed by atoms with E-state index < -0.39 is 5.91 Å². The third kappa shape index (κ3) is 5.96. The molecule has 2 amide bonds. The quantitative estimate of drug-likeness (QED) is 0.341. The van der Waals surface area contributed by atoms with Crippen molar-refractivity contribution in [3.63, 3.8) is 0 Å². The number of halogens is 2. The molecule has 0 radical (unpaired) electrons. The molecular weight excluding hydrogens is 445 g/mol. The first-order chi connectivity index (χ1) is 15.1. The molecule has 0 aliphatic rings. The molecule has 0 aromatic heterocycles. The van der Waals surface area contributed by atoms with Gasteiger partial charge in [-0.25, -0.2) is 5.43 Å². The first-order valence-electron chi connectivity index (χ1n) is 9.94. The van der Waals surface area contributed by atoms with E-state index in [0.717, 1.165) is 5.56 Å². The molecule has 164 valence electrons. The summed E-state index contributed by atoms with van der Waals surface area (Å²) in [5, 5.41) is 7.52. The number of nitrogens with one attached hydrogen (secondary N) is 2. The minimum Gasteiger partial charge on any atom is -0.322 e. The van der Waals surface area contributed by atoms with Gasteiger partial charge in [0.25, 0.3) is 11.8 Å².